The van der Waals surface area contributed by atoms with Crippen molar-refractivity contribution in [3.05, 3.63) is 83.4 Å². The van der Waals surface area contributed by atoms with E-state index < -0.39 is 11.6 Å². The fourth-order valence-electron chi connectivity index (χ4n) is 4.71. The Hall–Kier alpha value is -4.20. The molecule has 8 nitrogen and oxygen atoms in total. The molecule has 3 aromatic rings. The lowest BCUT2D eigenvalue weighted by Crippen LogP contribution is -2.42. The summed E-state index contributed by atoms with van der Waals surface area (Å²) in [6.45, 7) is 6.88. The number of nitrogens with zero attached hydrogens (tertiary/aromatic N) is 1. The molecule has 1 heterocycles. The third-order valence-corrected chi connectivity index (χ3v) is 6.74. The second-order valence-electron chi connectivity index (χ2n) is 11.0. The molecular weight excluding hydrogens is 508 g/mol. The van der Waals surface area contributed by atoms with Gasteiger partial charge in [0, 0.05) is 13.1 Å². The smallest absolute Gasteiger partial charge is 0.410 e. The third kappa shape index (κ3) is 7.91. The molecule has 0 aliphatic carbocycles. The van der Waals surface area contributed by atoms with E-state index in [1.54, 1.807) is 25.3 Å². The summed E-state index contributed by atoms with van der Waals surface area (Å²) in [6, 6.07) is 20.5. The average Bonchev–Trinajstić information content (AvgIpc) is 3.40. The number of hydrogen-bond donors (Lipinski definition) is 2. The predicted octanol–water partition coefficient (Wildman–Crippen LogP) is 6.78. The molecule has 1 atom stereocenters. The number of methoxy groups -OCH3 is 1. The molecule has 1 fully saturated rings. The van der Waals surface area contributed by atoms with Crippen LogP contribution in [0.2, 0.25) is 0 Å². The molecule has 0 saturated carbocycles. The Kier molecular flexibility index (Phi) is 9.19. The van der Waals surface area contributed by atoms with Crippen LogP contribution in [0.1, 0.15) is 55.1 Å². The summed E-state index contributed by atoms with van der Waals surface area (Å²) in [4.78, 5) is 25.9. The number of nitrogens with one attached hydrogen (secondary N) is 1. The Morgan fingerprint density at radius 3 is 2.35 bits per heavy atom. The van der Waals surface area contributed by atoms with Crippen LogP contribution in [0.25, 0.3) is 0 Å². The van der Waals surface area contributed by atoms with Gasteiger partial charge in [0.2, 0.25) is 0 Å². The van der Waals surface area contributed by atoms with Gasteiger partial charge in [-0.25, -0.2) is 9.59 Å². The van der Waals surface area contributed by atoms with Crippen molar-refractivity contribution >= 4 is 17.7 Å². The van der Waals surface area contributed by atoms with E-state index in [2.05, 4.69) is 5.32 Å². The molecule has 0 bridgehead atoms. The van der Waals surface area contributed by atoms with Crippen LogP contribution in [0.5, 0.6) is 17.2 Å². The summed E-state index contributed by atoms with van der Waals surface area (Å²) in [6.07, 6.45) is 2.96. The van der Waals surface area contributed by atoms with Gasteiger partial charge in [0.05, 0.1) is 24.4 Å². The van der Waals surface area contributed by atoms with Crippen LogP contribution in [-0.2, 0) is 17.6 Å². The van der Waals surface area contributed by atoms with Crippen LogP contribution in [0, 0.1) is 0 Å². The molecule has 212 valence electrons. The lowest BCUT2D eigenvalue weighted by atomic mass is 10.0. The van der Waals surface area contributed by atoms with E-state index in [1.165, 1.54) is 0 Å². The molecule has 3 aromatic carbocycles. The highest BCUT2D eigenvalue weighted by atomic mass is 16.6. The van der Waals surface area contributed by atoms with Crippen molar-refractivity contribution < 1.29 is 28.9 Å². The number of likely N-dealkylation sites (tertiary alicyclic amines) is 1. The zero-order valence-corrected chi connectivity index (χ0v) is 23.6. The van der Waals surface area contributed by atoms with E-state index in [0.29, 0.717) is 31.0 Å². The number of amides is 1. The fraction of sp³-hybridized carbons (Fsp3) is 0.375. The maximum absolute atomic E-state index is 12.7. The first-order valence-corrected chi connectivity index (χ1v) is 13.6. The minimum atomic E-state index is -0.931. The van der Waals surface area contributed by atoms with E-state index in [-0.39, 0.29) is 17.7 Å². The standard InChI is InChI=1S/C32H38N2O6/c1-32(2,3)40-31(37)34-18-6-9-25(34)21-33-28-17-12-23(11-10-22-7-5-8-24(19-22)30(35)36)20-29(28)39-27-15-13-26(38-4)14-16-27/h5,7-8,12-17,19-20,25,33H,6,9-11,18,21H2,1-4H3,(H,35,36)/t25-/m0/s1. The van der Waals surface area contributed by atoms with Crippen LogP contribution in [0.15, 0.2) is 66.7 Å². The number of carbonyl (C=O) groups excluding carboxylic acids is 1. The van der Waals surface area contributed by atoms with E-state index >= 15 is 0 Å². The number of carboxylic acids is 1. The van der Waals surface area contributed by atoms with Crippen LogP contribution in [0.4, 0.5) is 10.5 Å². The average molecular weight is 547 g/mol. The second kappa shape index (κ2) is 12.8. The topological polar surface area (TPSA) is 97.3 Å². The molecule has 0 radical (unpaired) electrons. The Labute approximate surface area is 235 Å². The highest BCUT2D eigenvalue weighted by Crippen LogP contribution is 2.33. The molecule has 1 amide bonds. The van der Waals surface area contributed by atoms with Gasteiger partial charge in [0.1, 0.15) is 17.1 Å². The molecule has 1 aliphatic rings. The molecule has 8 heteroatoms. The van der Waals surface area contributed by atoms with Crippen molar-refractivity contribution in [1.29, 1.82) is 0 Å². The number of aryl methyl sites for hydroxylation is 2. The van der Waals surface area contributed by atoms with E-state index in [9.17, 15) is 14.7 Å². The number of aromatic carboxylic acids is 1. The highest BCUT2D eigenvalue weighted by molar-refractivity contribution is 5.87. The Bertz CT molecular complexity index is 1320. The third-order valence-electron chi connectivity index (χ3n) is 6.74. The zero-order valence-electron chi connectivity index (χ0n) is 23.6. The fourth-order valence-corrected chi connectivity index (χ4v) is 4.71. The second-order valence-corrected chi connectivity index (χ2v) is 11.0. The summed E-state index contributed by atoms with van der Waals surface area (Å²) in [5.41, 5.74) is 2.59. The van der Waals surface area contributed by atoms with Crippen molar-refractivity contribution in [1.82, 2.24) is 4.90 Å². The van der Waals surface area contributed by atoms with Gasteiger partial charge >= 0.3 is 12.1 Å². The zero-order chi connectivity index (χ0) is 28.7. The summed E-state index contributed by atoms with van der Waals surface area (Å²) in [7, 11) is 1.62. The maximum atomic E-state index is 12.7. The van der Waals surface area contributed by atoms with Gasteiger partial charge in [-0.3, -0.25) is 0 Å². The normalized spacial score (nSPS) is 15.0. The van der Waals surface area contributed by atoms with E-state index in [4.69, 9.17) is 14.2 Å². The van der Waals surface area contributed by atoms with Crippen LogP contribution in [0.3, 0.4) is 0 Å². The molecule has 1 saturated heterocycles. The highest BCUT2D eigenvalue weighted by Gasteiger charge is 2.32. The number of hydrogen-bond acceptors (Lipinski definition) is 6. The van der Waals surface area contributed by atoms with Crippen molar-refractivity contribution in [3.63, 3.8) is 0 Å². The largest absolute Gasteiger partial charge is 0.497 e. The van der Waals surface area contributed by atoms with Gasteiger partial charge in [-0.05, 0) is 106 Å². The lowest BCUT2D eigenvalue weighted by molar-refractivity contribution is 0.0235. The molecular formula is C32H38N2O6. The molecule has 4 rings (SSSR count). The molecule has 0 aromatic heterocycles. The molecule has 0 unspecified atom stereocenters. The molecule has 1 aliphatic heterocycles. The number of carbonyl (C=O) groups is 2. The van der Waals surface area contributed by atoms with Crippen LogP contribution >= 0.6 is 0 Å². The summed E-state index contributed by atoms with van der Waals surface area (Å²) >= 11 is 0. The van der Waals surface area contributed by atoms with Gasteiger partial charge in [0.15, 0.2) is 5.75 Å². The van der Waals surface area contributed by atoms with Gasteiger partial charge in [-0.1, -0.05) is 18.2 Å². The van der Waals surface area contributed by atoms with Crippen LogP contribution < -0.4 is 14.8 Å². The number of anilines is 1. The van der Waals surface area contributed by atoms with Gasteiger partial charge < -0.3 is 29.5 Å². The number of ether oxygens (including phenoxy) is 3. The van der Waals surface area contributed by atoms with E-state index in [0.717, 1.165) is 41.8 Å². The predicted molar refractivity (Wildman–Crippen MR) is 155 cm³/mol. The first-order chi connectivity index (χ1) is 19.1. The summed E-state index contributed by atoms with van der Waals surface area (Å²) in [5.74, 6) is 1.15. The Balaban J connectivity index is 1.50. The SMILES string of the molecule is COc1ccc(Oc2cc(CCc3cccc(C(=O)O)c3)ccc2NC[C@@H]2CCCN2C(=O)OC(C)(C)C)cc1. The molecule has 40 heavy (non-hydrogen) atoms. The van der Waals surface area contributed by atoms with Crippen molar-refractivity contribution in [2.45, 2.75) is 58.1 Å². The minimum Gasteiger partial charge on any atom is -0.497 e. The van der Waals surface area contributed by atoms with Gasteiger partial charge in [0.25, 0.3) is 0 Å². The first kappa shape index (κ1) is 28.8. The maximum Gasteiger partial charge on any atom is 0.410 e. The lowest BCUT2D eigenvalue weighted by Gasteiger charge is -2.29. The van der Waals surface area contributed by atoms with E-state index in [1.807, 2.05) is 74.2 Å². The minimum absolute atomic E-state index is 0.0184. The Morgan fingerprint density at radius 2 is 1.68 bits per heavy atom. The van der Waals surface area contributed by atoms with Gasteiger partial charge in [-0.15, -0.1) is 0 Å². The first-order valence-electron chi connectivity index (χ1n) is 13.6. The quantitative estimate of drug-likeness (QED) is 0.289. The molecule has 0 spiro atoms. The summed E-state index contributed by atoms with van der Waals surface area (Å²) in [5, 5.41) is 12.8. The number of carboxylic acid groups (broad SMARTS) is 1. The monoisotopic (exact) mass is 546 g/mol. The Morgan fingerprint density at radius 1 is 0.975 bits per heavy atom. The van der Waals surface area contributed by atoms with Crippen molar-refractivity contribution in [2.75, 3.05) is 25.5 Å². The van der Waals surface area contributed by atoms with Gasteiger partial charge in [-0.2, -0.15) is 0 Å². The number of rotatable bonds is 10. The summed E-state index contributed by atoms with van der Waals surface area (Å²) < 4.78 is 17.2. The number of benzene rings is 3. The van der Waals surface area contributed by atoms with Crippen molar-refractivity contribution in [2.24, 2.45) is 0 Å². The molecule has 2 N–H and O–H groups in total. The van der Waals surface area contributed by atoms with Crippen molar-refractivity contribution in [3.8, 4) is 17.2 Å². The van der Waals surface area contributed by atoms with Crippen LogP contribution in [-0.4, -0.2) is 53.9 Å².